The number of carbonyl (C=O) groups is 1. The van der Waals surface area contributed by atoms with Gasteiger partial charge in [-0.1, -0.05) is 34.6 Å². The van der Waals surface area contributed by atoms with Gasteiger partial charge in [0.25, 0.3) is 0 Å². The van der Waals surface area contributed by atoms with Crippen molar-refractivity contribution in [3.05, 3.63) is 0 Å². The van der Waals surface area contributed by atoms with Crippen molar-refractivity contribution < 1.29 is 4.79 Å². The van der Waals surface area contributed by atoms with Gasteiger partial charge in [-0.15, -0.1) is 0 Å². The van der Waals surface area contributed by atoms with Crippen molar-refractivity contribution in [2.24, 2.45) is 29.4 Å². The maximum Gasteiger partial charge on any atom is 0.226 e. The summed E-state index contributed by atoms with van der Waals surface area (Å²) in [6, 6.07) is 0.213. The summed E-state index contributed by atoms with van der Waals surface area (Å²) < 4.78 is 0. The largest absolute Gasteiger partial charge is 0.342 e. The lowest BCUT2D eigenvalue weighted by molar-refractivity contribution is -0.139. The predicted molar refractivity (Wildman–Crippen MR) is 80.7 cm³/mol. The molecule has 0 radical (unpaired) electrons. The van der Waals surface area contributed by atoms with Gasteiger partial charge in [0.1, 0.15) is 0 Å². The molecule has 0 spiro atoms. The van der Waals surface area contributed by atoms with Crippen molar-refractivity contribution >= 4 is 5.91 Å². The second-order valence-electron chi connectivity index (χ2n) is 7.19. The van der Waals surface area contributed by atoms with Crippen LogP contribution in [0.3, 0.4) is 0 Å². The lowest BCUT2D eigenvalue weighted by Crippen LogP contribution is -2.46. The number of carbonyl (C=O) groups excluding carboxylic acids is 1. The highest BCUT2D eigenvalue weighted by atomic mass is 16.2. The number of hydrogen-bond donors (Lipinski definition) is 1. The summed E-state index contributed by atoms with van der Waals surface area (Å²) in [4.78, 5) is 14.9. The van der Waals surface area contributed by atoms with E-state index < -0.39 is 0 Å². The van der Waals surface area contributed by atoms with Crippen molar-refractivity contribution in [1.82, 2.24) is 4.90 Å². The molecule has 1 rings (SSSR count). The first-order valence-corrected chi connectivity index (χ1v) is 7.85. The van der Waals surface area contributed by atoms with Gasteiger partial charge in [0, 0.05) is 25.0 Å². The van der Waals surface area contributed by atoms with E-state index >= 15 is 0 Å². The van der Waals surface area contributed by atoms with Crippen LogP contribution in [-0.2, 0) is 4.79 Å². The molecule has 1 amide bonds. The first kappa shape index (κ1) is 16.5. The van der Waals surface area contributed by atoms with Crippen molar-refractivity contribution in [2.75, 3.05) is 13.1 Å². The molecule has 1 aliphatic carbocycles. The molecule has 0 aromatic heterocycles. The Labute approximate surface area is 118 Å². The fourth-order valence-corrected chi connectivity index (χ4v) is 3.07. The highest BCUT2D eigenvalue weighted by Crippen LogP contribution is 2.31. The van der Waals surface area contributed by atoms with Gasteiger partial charge >= 0.3 is 0 Å². The number of nitrogens with zero attached hydrogens (tertiary/aromatic N) is 1. The third kappa shape index (κ3) is 5.13. The van der Waals surface area contributed by atoms with Gasteiger partial charge in [0.2, 0.25) is 5.91 Å². The minimum atomic E-state index is 0.140. The summed E-state index contributed by atoms with van der Waals surface area (Å²) >= 11 is 0. The molecule has 1 aliphatic rings. The van der Waals surface area contributed by atoms with Crippen LogP contribution >= 0.6 is 0 Å². The number of rotatable bonds is 5. The van der Waals surface area contributed by atoms with Gasteiger partial charge < -0.3 is 10.6 Å². The van der Waals surface area contributed by atoms with Crippen molar-refractivity contribution in [3.63, 3.8) is 0 Å². The molecule has 0 aromatic rings. The Morgan fingerprint density at radius 3 is 2.16 bits per heavy atom. The number of hydrogen-bond acceptors (Lipinski definition) is 2. The molecule has 2 N–H and O–H groups in total. The molecule has 3 unspecified atom stereocenters. The van der Waals surface area contributed by atoms with Gasteiger partial charge in [-0.3, -0.25) is 4.79 Å². The lowest BCUT2D eigenvalue weighted by atomic mass is 9.77. The molecule has 0 saturated heterocycles. The van der Waals surface area contributed by atoms with E-state index in [9.17, 15) is 4.79 Å². The molecule has 0 heterocycles. The average molecular weight is 268 g/mol. The van der Waals surface area contributed by atoms with E-state index in [2.05, 4.69) is 39.5 Å². The van der Waals surface area contributed by atoms with Crippen LogP contribution in [0.25, 0.3) is 0 Å². The van der Waals surface area contributed by atoms with E-state index in [-0.39, 0.29) is 12.0 Å². The Morgan fingerprint density at radius 1 is 1.16 bits per heavy atom. The molecule has 0 aliphatic heterocycles. The third-order valence-corrected chi connectivity index (χ3v) is 4.04. The van der Waals surface area contributed by atoms with Crippen LogP contribution in [0.2, 0.25) is 0 Å². The smallest absolute Gasteiger partial charge is 0.226 e. The summed E-state index contributed by atoms with van der Waals surface area (Å²) in [5.41, 5.74) is 6.06. The molecule has 112 valence electrons. The summed E-state index contributed by atoms with van der Waals surface area (Å²) in [7, 11) is 0. The van der Waals surface area contributed by atoms with Crippen molar-refractivity contribution in [3.8, 4) is 0 Å². The number of nitrogens with two attached hydrogens (primary N) is 1. The normalized spacial score (nSPS) is 27.9. The third-order valence-electron chi connectivity index (χ3n) is 4.04. The van der Waals surface area contributed by atoms with Gasteiger partial charge in [0.15, 0.2) is 0 Å². The standard InChI is InChI=1S/C16H32N2O/c1-11(2)9-18(10-12(3)4)16(19)15-8-14(17)7-6-13(15)5/h11-15H,6-10,17H2,1-5H3. The van der Waals surface area contributed by atoms with Crippen molar-refractivity contribution in [1.29, 1.82) is 0 Å². The predicted octanol–water partition coefficient (Wildman–Crippen LogP) is 2.89. The zero-order valence-corrected chi connectivity index (χ0v) is 13.4. The highest BCUT2D eigenvalue weighted by molar-refractivity contribution is 5.79. The molecular formula is C16H32N2O. The average Bonchev–Trinajstić information content (AvgIpc) is 2.29. The summed E-state index contributed by atoms with van der Waals surface area (Å²) in [6.45, 7) is 12.7. The SMILES string of the molecule is CC(C)CN(CC(C)C)C(=O)C1CC(N)CCC1C. The van der Waals surface area contributed by atoms with Crippen LogP contribution in [0.5, 0.6) is 0 Å². The zero-order chi connectivity index (χ0) is 14.6. The minimum Gasteiger partial charge on any atom is -0.342 e. The van der Waals surface area contributed by atoms with E-state index in [1.807, 2.05) is 0 Å². The van der Waals surface area contributed by atoms with E-state index in [0.29, 0.717) is 23.7 Å². The van der Waals surface area contributed by atoms with Crippen LogP contribution in [0, 0.1) is 23.7 Å². The first-order chi connectivity index (χ1) is 8.81. The fourth-order valence-electron chi connectivity index (χ4n) is 3.07. The molecule has 1 fully saturated rings. The molecule has 19 heavy (non-hydrogen) atoms. The molecular weight excluding hydrogens is 236 g/mol. The van der Waals surface area contributed by atoms with Gasteiger partial charge in [-0.2, -0.15) is 0 Å². The monoisotopic (exact) mass is 268 g/mol. The summed E-state index contributed by atoms with van der Waals surface area (Å²) in [5, 5.41) is 0. The summed E-state index contributed by atoms with van der Waals surface area (Å²) in [6.07, 6.45) is 3.03. The molecule has 3 nitrogen and oxygen atoms in total. The molecule has 0 aromatic carbocycles. The van der Waals surface area contributed by atoms with Gasteiger partial charge in [-0.25, -0.2) is 0 Å². The van der Waals surface area contributed by atoms with E-state index in [4.69, 9.17) is 5.73 Å². The van der Waals surface area contributed by atoms with Crippen LogP contribution < -0.4 is 5.73 Å². The first-order valence-electron chi connectivity index (χ1n) is 7.85. The Morgan fingerprint density at radius 2 is 1.68 bits per heavy atom. The topological polar surface area (TPSA) is 46.3 Å². The molecule has 3 atom stereocenters. The van der Waals surface area contributed by atoms with Crippen LogP contribution in [0.1, 0.15) is 53.9 Å². The second kappa shape index (κ2) is 7.28. The van der Waals surface area contributed by atoms with Crippen LogP contribution in [0.15, 0.2) is 0 Å². The quantitative estimate of drug-likeness (QED) is 0.833. The van der Waals surface area contributed by atoms with E-state index in [1.165, 1.54) is 0 Å². The second-order valence-corrected chi connectivity index (χ2v) is 7.19. The Hall–Kier alpha value is -0.570. The Bertz CT molecular complexity index is 278. The molecule has 1 saturated carbocycles. The van der Waals surface area contributed by atoms with Crippen molar-refractivity contribution in [2.45, 2.75) is 59.9 Å². The lowest BCUT2D eigenvalue weighted by Gasteiger charge is -2.36. The summed E-state index contributed by atoms with van der Waals surface area (Å²) in [5.74, 6) is 2.01. The Kier molecular flexibility index (Phi) is 6.31. The molecule has 3 heteroatoms. The maximum absolute atomic E-state index is 12.8. The highest BCUT2D eigenvalue weighted by Gasteiger charge is 2.34. The minimum absolute atomic E-state index is 0.140. The van der Waals surface area contributed by atoms with Gasteiger partial charge in [0.05, 0.1) is 0 Å². The van der Waals surface area contributed by atoms with Crippen LogP contribution in [0.4, 0.5) is 0 Å². The fraction of sp³-hybridized carbons (Fsp3) is 0.938. The maximum atomic E-state index is 12.8. The number of amides is 1. The van der Waals surface area contributed by atoms with Crippen LogP contribution in [-0.4, -0.2) is 29.9 Å². The van der Waals surface area contributed by atoms with E-state index in [1.54, 1.807) is 0 Å². The van der Waals surface area contributed by atoms with Gasteiger partial charge in [-0.05, 0) is 37.0 Å². The molecule has 0 bridgehead atoms. The zero-order valence-electron chi connectivity index (χ0n) is 13.4. The van der Waals surface area contributed by atoms with E-state index in [0.717, 1.165) is 32.4 Å². The Balaban J connectivity index is 2.73.